The van der Waals surface area contributed by atoms with Gasteiger partial charge in [0.15, 0.2) is 5.78 Å². The largest absolute Gasteiger partial charge is 0.497 e. The number of nitrogens with two attached hydrogens (primary N) is 1. The van der Waals surface area contributed by atoms with Gasteiger partial charge in [-0.05, 0) is 23.6 Å². The molecule has 0 aliphatic heterocycles. The lowest BCUT2D eigenvalue weighted by Crippen LogP contribution is -2.37. The molecule has 0 aliphatic rings. The van der Waals surface area contributed by atoms with Gasteiger partial charge in [-0.3, -0.25) is 4.79 Å². The number of methoxy groups -OCH3 is 1. The van der Waals surface area contributed by atoms with Crippen LogP contribution in [-0.2, 0) is 11.2 Å². The molecule has 2 atom stereocenters. The van der Waals surface area contributed by atoms with Crippen molar-refractivity contribution in [1.29, 1.82) is 0 Å². The Hall–Kier alpha value is -1.35. The predicted octanol–water partition coefficient (Wildman–Crippen LogP) is 2.18. The van der Waals surface area contributed by atoms with Crippen LogP contribution in [0.5, 0.6) is 5.75 Å². The average Bonchev–Trinajstić information content (AvgIpc) is 2.37. The zero-order valence-electron chi connectivity index (χ0n) is 10.8. The molecule has 2 unspecified atom stereocenters. The molecule has 0 heterocycles. The molecule has 0 spiro atoms. The van der Waals surface area contributed by atoms with Crippen molar-refractivity contribution >= 4 is 5.78 Å². The van der Waals surface area contributed by atoms with Crippen LogP contribution in [0.15, 0.2) is 24.3 Å². The van der Waals surface area contributed by atoms with Gasteiger partial charge in [0.05, 0.1) is 13.2 Å². The third kappa shape index (κ3) is 3.86. The molecule has 0 radical (unpaired) electrons. The van der Waals surface area contributed by atoms with Gasteiger partial charge in [0.1, 0.15) is 5.75 Å². The van der Waals surface area contributed by atoms with Gasteiger partial charge < -0.3 is 10.5 Å². The Morgan fingerprint density at radius 1 is 1.47 bits per heavy atom. The zero-order valence-corrected chi connectivity index (χ0v) is 10.8. The van der Waals surface area contributed by atoms with Crippen LogP contribution in [0.1, 0.15) is 25.8 Å². The van der Waals surface area contributed by atoms with Crippen molar-refractivity contribution in [3.63, 3.8) is 0 Å². The minimum atomic E-state index is -0.369. The Labute approximate surface area is 103 Å². The molecule has 94 valence electrons. The summed E-state index contributed by atoms with van der Waals surface area (Å²) in [5, 5.41) is 0. The highest BCUT2D eigenvalue weighted by molar-refractivity contribution is 5.86. The van der Waals surface area contributed by atoms with E-state index < -0.39 is 0 Å². The summed E-state index contributed by atoms with van der Waals surface area (Å²) in [7, 11) is 1.62. The molecule has 0 aliphatic carbocycles. The summed E-state index contributed by atoms with van der Waals surface area (Å²) >= 11 is 0. The second-order valence-corrected chi connectivity index (χ2v) is 4.41. The van der Waals surface area contributed by atoms with Gasteiger partial charge in [0.25, 0.3) is 0 Å². The van der Waals surface area contributed by atoms with Crippen LogP contribution in [0, 0.1) is 5.92 Å². The number of hydrogen-bond donors (Lipinski definition) is 1. The summed E-state index contributed by atoms with van der Waals surface area (Å²) in [5.41, 5.74) is 6.86. The van der Waals surface area contributed by atoms with Gasteiger partial charge in [-0.25, -0.2) is 0 Å². The van der Waals surface area contributed by atoms with Crippen molar-refractivity contribution in [2.24, 2.45) is 11.7 Å². The highest BCUT2D eigenvalue weighted by Crippen LogP contribution is 2.15. The Balaban J connectivity index is 2.67. The molecule has 2 N–H and O–H groups in total. The van der Waals surface area contributed by atoms with Crippen LogP contribution < -0.4 is 10.5 Å². The maximum absolute atomic E-state index is 11.9. The smallest absolute Gasteiger partial charge is 0.154 e. The lowest BCUT2D eigenvalue weighted by molar-refractivity contribution is -0.120. The van der Waals surface area contributed by atoms with Gasteiger partial charge in [0.2, 0.25) is 0 Å². The van der Waals surface area contributed by atoms with Gasteiger partial charge >= 0.3 is 0 Å². The second-order valence-electron chi connectivity index (χ2n) is 4.41. The molecular weight excluding hydrogens is 214 g/mol. The van der Waals surface area contributed by atoms with E-state index in [1.54, 1.807) is 7.11 Å². The standard InChI is InChI=1S/C14H21NO2/c1-4-10(2)14(15)13(16)9-11-6-5-7-12(8-11)17-3/h5-8,10,14H,4,9,15H2,1-3H3. The van der Waals surface area contributed by atoms with Gasteiger partial charge in [-0.15, -0.1) is 0 Å². The lowest BCUT2D eigenvalue weighted by Gasteiger charge is -2.17. The first kappa shape index (κ1) is 13.7. The number of hydrogen-bond acceptors (Lipinski definition) is 3. The molecule has 0 saturated heterocycles. The summed E-state index contributed by atoms with van der Waals surface area (Å²) < 4.78 is 5.12. The second kappa shape index (κ2) is 6.40. The summed E-state index contributed by atoms with van der Waals surface area (Å²) in [5.74, 6) is 1.09. The molecule has 0 bridgehead atoms. The molecule has 0 saturated carbocycles. The number of ether oxygens (including phenoxy) is 1. The number of carbonyl (C=O) groups excluding carboxylic acids is 1. The van der Waals surface area contributed by atoms with Crippen molar-refractivity contribution in [3.05, 3.63) is 29.8 Å². The Morgan fingerprint density at radius 3 is 2.76 bits per heavy atom. The molecular formula is C14H21NO2. The quantitative estimate of drug-likeness (QED) is 0.822. The topological polar surface area (TPSA) is 52.3 Å². The van der Waals surface area contributed by atoms with Crippen molar-refractivity contribution in [3.8, 4) is 5.75 Å². The highest BCUT2D eigenvalue weighted by atomic mass is 16.5. The van der Waals surface area contributed by atoms with Crippen LogP contribution in [-0.4, -0.2) is 18.9 Å². The minimum Gasteiger partial charge on any atom is -0.497 e. The highest BCUT2D eigenvalue weighted by Gasteiger charge is 2.19. The maximum atomic E-state index is 11.9. The van der Waals surface area contributed by atoms with E-state index in [0.717, 1.165) is 17.7 Å². The van der Waals surface area contributed by atoms with E-state index in [-0.39, 0.29) is 17.7 Å². The van der Waals surface area contributed by atoms with E-state index in [4.69, 9.17) is 10.5 Å². The Morgan fingerprint density at radius 2 is 2.18 bits per heavy atom. The minimum absolute atomic E-state index is 0.0904. The maximum Gasteiger partial charge on any atom is 0.154 e. The third-order valence-corrected chi connectivity index (χ3v) is 3.14. The molecule has 0 fully saturated rings. The molecule has 1 aromatic rings. The Kier molecular flexibility index (Phi) is 5.16. The summed E-state index contributed by atoms with van der Waals surface area (Å²) in [4.78, 5) is 11.9. The van der Waals surface area contributed by atoms with Crippen LogP contribution in [0.2, 0.25) is 0 Å². The number of carbonyl (C=O) groups is 1. The van der Waals surface area contributed by atoms with Crippen LogP contribution in [0.4, 0.5) is 0 Å². The summed E-state index contributed by atoms with van der Waals surface area (Å²) in [6, 6.07) is 7.18. The molecule has 0 aromatic heterocycles. The number of rotatable bonds is 6. The van der Waals surface area contributed by atoms with Gasteiger partial charge in [0, 0.05) is 6.42 Å². The van der Waals surface area contributed by atoms with Crippen molar-refractivity contribution in [1.82, 2.24) is 0 Å². The van der Waals surface area contributed by atoms with Crippen LogP contribution in [0.25, 0.3) is 0 Å². The Bertz CT molecular complexity index is 376. The summed E-state index contributed by atoms with van der Waals surface area (Å²) in [6.45, 7) is 4.05. The molecule has 1 rings (SSSR count). The summed E-state index contributed by atoms with van der Waals surface area (Å²) in [6.07, 6.45) is 1.30. The molecule has 3 nitrogen and oxygen atoms in total. The number of Topliss-reactive ketones (excluding diaryl/α,β-unsaturated/α-hetero) is 1. The fourth-order valence-electron chi connectivity index (χ4n) is 1.67. The number of benzene rings is 1. The van der Waals surface area contributed by atoms with E-state index in [9.17, 15) is 4.79 Å². The van der Waals surface area contributed by atoms with E-state index in [1.807, 2.05) is 38.1 Å². The van der Waals surface area contributed by atoms with Crippen molar-refractivity contribution in [2.75, 3.05) is 7.11 Å². The molecule has 17 heavy (non-hydrogen) atoms. The van der Waals surface area contributed by atoms with E-state index in [0.29, 0.717) is 6.42 Å². The average molecular weight is 235 g/mol. The first-order chi connectivity index (χ1) is 8.08. The zero-order chi connectivity index (χ0) is 12.8. The number of ketones is 1. The fraction of sp³-hybridized carbons (Fsp3) is 0.500. The van der Waals surface area contributed by atoms with Crippen LogP contribution in [0.3, 0.4) is 0 Å². The van der Waals surface area contributed by atoms with Crippen LogP contribution >= 0.6 is 0 Å². The third-order valence-electron chi connectivity index (χ3n) is 3.14. The molecule has 1 aromatic carbocycles. The SMILES string of the molecule is CCC(C)C(N)C(=O)Cc1cccc(OC)c1. The van der Waals surface area contributed by atoms with Gasteiger partial charge in [-0.1, -0.05) is 32.4 Å². The molecule has 3 heteroatoms. The predicted molar refractivity (Wildman–Crippen MR) is 69.1 cm³/mol. The monoisotopic (exact) mass is 235 g/mol. The first-order valence-corrected chi connectivity index (χ1v) is 5.99. The van der Waals surface area contributed by atoms with Crippen molar-refractivity contribution in [2.45, 2.75) is 32.7 Å². The lowest BCUT2D eigenvalue weighted by atomic mass is 9.93. The molecule has 0 amide bonds. The fourth-order valence-corrected chi connectivity index (χ4v) is 1.67. The van der Waals surface area contributed by atoms with Gasteiger partial charge in [-0.2, -0.15) is 0 Å². The van der Waals surface area contributed by atoms with Crippen molar-refractivity contribution < 1.29 is 9.53 Å². The van der Waals surface area contributed by atoms with E-state index in [1.165, 1.54) is 0 Å². The first-order valence-electron chi connectivity index (χ1n) is 5.99. The van der Waals surface area contributed by atoms with E-state index in [2.05, 4.69) is 0 Å². The van der Waals surface area contributed by atoms with E-state index >= 15 is 0 Å². The normalized spacial score (nSPS) is 14.1.